The molecule has 5 heteroatoms. The average Bonchev–Trinajstić information content (AvgIpc) is 2.42. The van der Waals surface area contributed by atoms with Crippen LogP contribution in [0.4, 0.5) is 11.5 Å². The van der Waals surface area contributed by atoms with Crippen LogP contribution in [0.1, 0.15) is 0 Å². The summed E-state index contributed by atoms with van der Waals surface area (Å²) in [7, 11) is 0. The van der Waals surface area contributed by atoms with Crippen molar-refractivity contribution < 1.29 is 0 Å². The topological polar surface area (TPSA) is 37.8 Å². The zero-order valence-electron chi connectivity index (χ0n) is 9.77. The van der Waals surface area contributed by atoms with Gasteiger partial charge in [-0.15, -0.1) is 10.2 Å². The Kier molecular flexibility index (Phi) is 3.52. The molecule has 0 saturated carbocycles. The predicted molar refractivity (Wildman–Crippen MR) is 87.0 cm³/mol. The molecule has 0 aliphatic carbocycles. The number of halogens is 2. The van der Waals surface area contributed by atoms with E-state index in [0.717, 1.165) is 20.0 Å². The van der Waals surface area contributed by atoms with Gasteiger partial charge in [0.2, 0.25) is 0 Å². The minimum Gasteiger partial charge on any atom is -0.338 e. The zero-order valence-corrected chi connectivity index (χ0v) is 12.7. The third-order valence-electron chi connectivity index (χ3n) is 2.73. The van der Waals surface area contributed by atoms with Crippen molar-refractivity contribution in [2.24, 2.45) is 0 Å². The van der Waals surface area contributed by atoms with Gasteiger partial charge in [0.25, 0.3) is 0 Å². The molecule has 0 fully saturated rings. The minimum absolute atomic E-state index is 0.420. The fourth-order valence-corrected chi connectivity index (χ4v) is 2.61. The van der Waals surface area contributed by atoms with Crippen molar-refractivity contribution in [1.29, 1.82) is 0 Å². The van der Waals surface area contributed by atoms with Crippen molar-refractivity contribution in [2.45, 2.75) is 0 Å². The normalized spacial score (nSPS) is 10.6. The fourth-order valence-electron chi connectivity index (χ4n) is 1.87. The van der Waals surface area contributed by atoms with E-state index in [2.05, 4.69) is 38.1 Å². The van der Waals surface area contributed by atoms with Crippen LogP contribution in [0.15, 0.2) is 48.5 Å². The van der Waals surface area contributed by atoms with Gasteiger partial charge >= 0.3 is 0 Å². The van der Waals surface area contributed by atoms with Gasteiger partial charge in [-0.05, 0) is 40.8 Å². The quantitative estimate of drug-likeness (QED) is 0.658. The first kappa shape index (κ1) is 12.6. The third kappa shape index (κ3) is 2.64. The summed E-state index contributed by atoms with van der Waals surface area (Å²) in [4.78, 5) is 0. The number of fused-ring (bicyclic) bond motifs is 1. The molecule has 0 unspecified atom stereocenters. The molecule has 3 aromatic rings. The van der Waals surface area contributed by atoms with Crippen molar-refractivity contribution in [1.82, 2.24) is 10.2 Å². The summed E-state index contributed by atoms with van der Waals surface area (Å²) in [5.41, 5.74) is 0.980. The van der Waals surface area contributed by atoms with Gasteiger partial charge in [0.1, 0.15) is 0 Å². The van der Waals surface area contributed by atoms with Crippen LogP contribution >= 0.6 is 34.2 Å². The van der Waals surface area contributed by atoms with Crippen LogP contribution in [0.25, 0.3) is 10.8 Å². The van der Waals surface area contributed by atoms with Crippen molar-refractivity contribution >= 4 is 56.5 Å². The monoisotopic (exact) mass is 381 g/mol. The molecule has 1 N–H and O–H groups in total. The van der Waals surface area contributed by atoms with Gasteiger partial charge in [-0.25, -0.2) is 0 Å². The molecule has 0 atom stereocenters. The van der Waals surface area contributed by atoms with Gasteiger partial charge in [0, 0.05) is 20.0 Å². The van der Waals surface area contributed by atoms with E-state index >= 15 is 0 Å². The number of hydrogen-bond donors (Lipinski definition) is 1. The summed E-state index contributed by atoms with van der Waals surface area (Å²) >= 11 is 8.33. The second-order valence-electron chi connectivity index (χ2n) is 4.02. The van der Waals surface area contributed by atoms with Crippen molar-refractivity contribution in [3.05, 3.63) is 57.3 Å². The van der Waals surface area contributed by atoms with Crippen LogP contribution < -0.4 is 5.32 Å². The summed E-state index contributed by atoms with van der Waals surface area (Å²) in [6.45, 7) is 0. The molecular weight excluding hydrogens is 373 g/mol. The third-order valence-corrected chi connectivity index (χ3v) is 3.68. The number of aromatic nitrogens is 2. The maximum Gasteiger partial charge on any atom is 0.161 e. The smallest absolute Gasteiger partial charge is 0.161 e. The molecular formula is C14H9ClIN3. The fraction of sp³-hybridized carbons (Fsp3) is 0. The Hall–Kier alpha value is -1.40. The molecule has 0 spiro atoms. The number of rotatable bonds is 2. The van der Waals surface area contributed by atoms with Gasteiger partial charge in [-0.1, -0.05) is 41.9 Å². The SMILES string of the molecule is Clc1nnc(Nc2cccc(I)c2)c2ccccc12. The highest BCUT2D eigenvalue weighted by Crippen LogP contribution is 2.27. The molecule has 0 radical (unpaired) electrons. The van der Waals surface area contributed by atoms with Crippen LogP contribution in [0.2, 0.25) is 5.15 Å². The summed E-state index contributed by atoms with van der Waals surface area (Å²) < 4.78 is 1.16. The highest BCUT2D eigenvalue weighted by atomic mass is 127. The highest BCUT2D eigenvalue weighted by molar-refractivity contribution is 14.1. The van der Waals surface area contributed by atoms with Gasteiger partial charge in [-0.2, -0.15) is 0 Å². The molecule has 0 amide bonds. The van der Waals surface area contributed by atoms with Crippen LogP contribution in [0.3, 0.4) is 0 Å². The van der Waals surface area contributed by atoms with E-state index < -0.39 is 0 Å². The van der Waals surface area contributed by atoms with E-state index in [-0.39, 0.29) is 0 Å². The van der Waals surface area contributed by atoms with Gasteiger partial charge in [0.05, 0.1) is 0 Å². The Balaban J connectivity index is 2.09. The first-order valence-corrected chi connectivity index (χ1v) is 7.13. The number of benzene rings is 2. The molecule has 94 valence electrons. The van der Waals surface area contributed by atoms with Crippen LogP contribution in [-0.2, 0) is 0 Å². The summed E-state index contributed by atoms with van der Waals surface area (Å²) in [6, 6.07) is 15.9. The maximum absolute atomic E-state index is 6.05. The Bertz CT molecular complexity index is 746. The molecule has 0 aliphatic rings. The first-order chi connectivity index (χ1) is 9.24. The molecule has 2 aromatic carbocycles. The number of nitrogens with zero attached hydrogens (tertiary/aromatic N) is 2. The largest absolute Gasteiger partial charge is 0.338 e. The lowest BCUT2D eigenvalue weighted by Crippen LogP contribution is -1.97. The van der Waals surface area contributed by atoms with E-state index in [4.69, 9.17) is 11.6 Å². The lowest BCUT2D eigenvalue weighted by atomic mass is 10.2. The molecule has 0 aliphatic heterocycles. The van der Waals surface area contributed by atoms with Gasteiger partial charge < -0.3 is 5.32 Å². The van der Waals surface area contributed by atoms with Crippen molar-refractivity contribution in [2.75, 3.05) is 5.32 Å². The molecule has 0 bridgehead atoms. The summed E-state index contributed by atoms with van der Waals surface area (Å²) in [5, 5.41) is 13.7. The summed E-state index contributed by atoms with van der Waals surface area (Å²) in [5.74, 6) is 0.710. The molecule has 0 saturated heterocycles. The van der Waals surface area contributed by atoms with Crippen LogP contribution in [0.5, 0.6) is 0 Å². The second-order valence-corrected chi connectivity index (χ2v) is 5.62. The Morgan fingerprint density at radius 2 is 1.74 bits per heavy atom. The Morgan fingerprint density at radius 3 is 2.53 bits per heavy atom. The lowest BCUT2D eigenvalue weighted by molar-refractivity contribution is 1.05. The average molecular weight is 382 g/mol. The van der Waals surface area contributed by atoms with E-state index in [0.29, 0.717) is 11.0 Å². The molecule has 19 heavy (non-hydrogen) atoms. The molecule has 1 aromatic heterocycles. The van der Waals surface area contributed by atoms with E-state index in [9.17, 15) is 0 Å². The summed E-state index contributed by atoms with van der Waals surface area (Å²) in [6.07, 6.45) is 0. The van der Waals surface area contributed by atoms with E-state index in [1.807, 2.05) is 48.5 Å². The lowest BCUT2D eigenvalue weighted by Gasteiger charge is -2.08. The zero-order chi connectivity index (χ0) is 13.2. The predicted octanol–water partition coefficient (Wildman–Crippen LogP) is 4.63. The van der Waals surface area contributed by atoms with Crippen LogP contribution in [0, 0.1) is 3.57 Å². The number of hydrogen-bond acceptors (Lipinski definition) is 3. The van der Waals surface area contributed by atoms with Crippen LogP contribution in [-0.4, -0.2) is 10.2 Å². The Morgan fingerprint density at radius 1 is 0.947 bits per heavy atom. The number of anilines is 2. The Labute approximate surface area is 129 Å². The second kappa shape index (κ2) is 5.30. The highest BCUT2D eigenvalue weighted by Gasteiger charge is 2.07. The maximum atomic E-state index is 6.05. The molecule has 3 nitrogen and oxygen atoms in total. The minimum atomic E-state index is 0.420. The van der Waals surface area contributed by atoms with Crippen molar-refractivity contribution in [3.63, 3.8) is 0 Å². The van der Waals surface area contributed by atoms with E-state index in [1.54, 1.807) is 0 Å². The number of nitrogens with one attached hydrogen (secondary N) is 1. The van der Waals surface area contributed by atoms with Crippen molar-refractivity contribution in [3.8, 4) is 0 Å². The van der Waals surface area contributed by atoms with Gasteiger partial charge in [-0.3, -0.25) is 0 Å². The van der Waals surface area contributed by atoms with Gasteiger partial charge in [0.15, 0.2) is 11.0 Å². The van der Waals surface area contributed by atoms with E-state index in [1.165, 1.54) is 0 Å². The first-order valence-electron chi connectivity index (χ1n) is 5.67. The standard InChI is InChI=1S/C14H9ClIN3/c15-13-11-6-1-2-7-12(11)14(19-18-13)17-10-5-3-4-9(16)8-10/h1-8H,(H,17,19). The molecule has 3 rings (SSSR count). The molecule has 1 heterocycles.